The van der Waals surface area contributed by atoms with E-state index in [4.69, 9.17) is 4.74 Å². The molecule has 0 aliphatic heterocycles. The maximum Gasteiger partial charge on any atom is 0.449 e. The zero-order valence-corrected chi connectivity index (χ0v) is 13.0. The molecule has 10 heteroatoms. The highest BCUT2D eigenvalue weighted by Gasteiger charge is 2.43. The number of halogens is 6. The minimum Gasteiger partial charge on any atom is -0.494 e. The monoisotopic (exact) mass is 366 g/mol. The topological polar surface area (TPSA) is 44.1 Å². The number of ether oxygens (including phenoxy) is 1. The molecular weight excluding hydrogens is 354 g/mol. The van der Waals surface area contributed by atoms with Gasteiger partial charge in [0.1, 0.15) is 5.75 Å². The van der Waals surface area contributed by atoms with Crippen molar-refractivity contribution in [3.63, 3.8) is 0 Å². The van der Waals surface area contributed by atoms with E-state index in [0.717, 1.165) is 6.07 Å². The van der Waals surface area contributed by atoms with Crippen LogP contribution in [0.25, 0.3) is 11.1 Å². The molecule has 0 radical (unpaired) electrons. The third kappa shape index (κ3) is 3.77. The van der Waals surface area contributed by atoms with Crippen LogP contribution in [0.15, 0.2) is 29.1 Å². The van der Waals surface area contributed by atoms with Crippen molar-refractivity contribution in [3.05, 3.63) is 46.1 Å². The standard InChI is InChI=1S/C15H12F6N2O2/c1-3-25-9-6-4-5-8(7-9)10-11(14(16,17)18)22-13(15(19,20)21)23(2)12(10)24/h4-7H,3H2,1-2H3. The molecule has 2 rings (SSSR count). The number of nitrogens with zero attached hydrogens (tertiary/aromatic N) is 2. The van der Waals surface area contributed by atoms with Crippen LogP contribution in [0.4, 0.5) is 26.3 Å². The summed E-state index contributed by atoms with van der Waals surface area (Å²) in [6.07, 6.45) is -10.5. The van der Waals surface area contributed by atoms with E-state index in [1.807, 2.05) is 0 Å². The van der Waals surface area contributed by atoms with Gasteiger partial charge in [0.25, 0.3) is 5.56 Å². The van der Waals surface area contributed by atoms with Crippen LogP contribution in [0, 0.1) is 0 Å². The molecule has 0 N–H and O–H groups in total. The minimum absolute atomic E-state index is 0.0535. The summed E-state index contributed by atoms with van der Waals surface area (Å²) in [5.41, 5.74) is -4.55. The lowest BCUT2D eigenvalue weighted by Gasteiger charge is -2.17. The van der Waals surface area contributed by atoms with E-state index in [9.17, 15) is 31.1 Å². The van der Waals surface area contributed by atoms with Crippen molar-refractivity contribution in [3.8, 4) is 16.9 Å². The van der Waals surface area contributed by atoms with Crippen molar-refractivity contribution in [2.75, 3.05) is 6.61 Å². The number of hydrogen-bond acceptors (Lipinski definition) is 3. The molecule has 25 heavy (non-hydrogen) atoms. The lowest BCUT2D eigenvalue weighted by atomic mass is 10.0. The molecule has 0 fully saturated rings. The molecule has 0 amide bonds. The maximum atomic E-state index is 13.3. The minimum atomic E-state index is -5.25. The fourth-order valence-electron chi connectivity index (χ4n) is 2.23. The Labute approximate surface area is 137 Å². The first-order valence-corrected chi connectivity index (χ1v) is 6.95. The zero-order valence-electron chi connectivity index (χ0n) is 13.0. The van der Waals surface area contributed by atoms with Crippen molar-refractivity contribution in [2.45, 2.75) is 19.3 Å². The molecule has 0 bridgehead atoms. The predicted octanol–water partition coefficient (Wildman–Crippen LogP) is 3.88. The first-order valence-electron chi connectivity index (χ1n) is 6.95. The lowest BCUT2D eigenvalue weighted by Crippen LogP contribution is -2.32. The molecule has 1 heterocycles. The SMILES string of the molecule is CCOc1cccc(-c2c(C(F)(F)F)nc(C(F)(F)F)n(C)c2=O)c1. The van der Waals surface area contributed by atoms with E-state index in [2.05, 4.69) is 4.98 Å². The van der Waals surface area contributed by atoms with Crippen molar-refractivity contribution in [1.29, 1.82) is 0 Å². The van der Waals surface area contributed by atoms with Gasteiger partial charge in [0.15, 0.2) is 5.69 Å². The maximum absolute atomic E-state index is 13.3. The fraction of sp³-hybridized carbons (Fsp3) is 0.333. The number of alkyl halides is 6. The molecule has 136 valence electrons. The van der Waals surface area contributed by atoms with Gasteiger partial charge in [0, 0.05) is 7.05 Å². The first kappa shape index (κ1) is 18.8. The second kappa shape index (κ2) is 6.41. The summed E-state index contributed by atoms with van der Waals surface area (Å²) >= 11 is 0. The molecule has 1 aromatic heterocycles. The Morgan fingerprint density at radius 3 is 2.28 bits per heavy atom. The van der Waals surface area contributed by atoms with Gasteiger partial charge in [-0.2, -0.15) is 26.3 Å². The molecule has 0 saturated carbocycles. The van der Waals surface area contributed by atoms with E-state index < -0.39 is 35.0 Å². The van der Waals surface area contributed by atoms with Crippen molar-refractivity contribution >= 4 is 0 Å². The van der Waals surface area contributed by atoms with Gasteiger partial charge in [0.05, 0.1) is 12.2 Å². The molecular formula is C15H12F6N2O2. The predicted molar refractivity (Wildman–Crippen MR) is 76.1 cm³/mol. The van der Waals surface area contributed by atoms with Crippen molar-refractivity contribution < 1.29 is 31.1 Å². The number of hydrogen-bond donors (Lipinski definition) is 0. The van der Waals surface area contributed by atoms with Gasteiger partial charge in [-0.3, -0.25) is 9.36 Å². The summed E-state index contributed by atoms with van der Waals surface area (Å²) in [6.45, 7) is 1.87. The van der Waals surface area contributed by atoms with Gasteiger partial charge in [0.2, 0.25) is 5.82 Å². The van der Waals surface area contributed by atoms with Crippen molar-refractivity contribution in [1.82, 2.24) is 9.55 Å². The highest BCUT2D eigenvalue weighted by Crippen LogP contribution is 2.37. The van der Waals surface area contributed by atoms with E-state index in [-0.39, 0.29) is 22.5 Å². The molecule has 0 aliphatic rings. The number of benzene rings is 1. The molecule has 2 aromatic rings. The summed E-state index contributed by atoms with van der Waals surface area (Å²) in [6, 6.07) is 5.09. The van der Waals surface area contributed by atoms with Gasteiger partial charge >= 0.3 is 12.4 Å². The molecule has 0 unspecified atom stereocenters. The van der Waals surface area contributed by atoms with Crippen LogP contribution in [0.5, 0.6) is 5.75 Å². The first-order chi connectivity index (χ1) is 11.5. The number of rotatable bonds is 3. The van der Waals surface area contributed by atoms with Crippen LogP contribution in [0.1, 0.15) is 18.4 Å². The Kier molecular flexibility index (Phi) is 4.83. The Bertz CT molecular complexity index is 839. The summed E-state index contributed by atoms with van der Waals surface area (Å²) < 4.78 is 83.6. The summed E-state index contributed by atoms with van der Waals surface area (Å²) in [5.74, 6) is -1.75. The highest BCUT2D eigenvalue weighted by atomic mass is 19.4. The largest absolute Gasteiger partial charge is 0.494 e. The molecule has 0 saturated heterocycles. The normalized spacial score (nSPS) is 12.3. The van der Waals surface area contributed by atoms with E-state index in [1.165, 1.54) is 18.2 Å². The second-order valence-corrected chi connectivity index (χ2v) is 4.98. The van der Waals surface area contributed by atoms with E-state index in [1.54, 1.807) is 6.92 Å². The fourth-order valence-corrected chi connectivity index (χ4v) is 2.23. The quantitative estimate of drug-likeness (QED) is 0.775. The van der Waals surface area contributed by atoms with Crippen LogP contribution < -0.4 is 10.3 Å². The molecule has 0 aliphatic carbocycles. The second-order valence-electron chi connectivity index (χ2n) is 4.98. The third-order valence-electron chi connectivity index (χ3n) is 3.25. The smallest absolute Gasteiger partial charge is 0.449 e. The van der Waals surface area contributed by atoms with Gasteiger partial charge in [-0.1, -0.05) is 12.1 Å². The van der Waals surface area contributed by atoms with Crippen LogP contribution >= 0.6 is 0 Å². The van der Waals surface area contributed by atoms with Crippen LogP contribution in [-0.2, 0) is 19.4 Å². The summed E-state index contributed by atoms with van der Waals surface area (Å²) in [5, 5.41) is 0. The van der Waals surface area contributed by atoms with Crippen LogP contribution in [0.3, 0.4) is 0 Å². The van der Waals surface area contributed by atoms with E-state index in [0.29, 0.717) is 7.05 Å². The van der Waals surface area contributed by atoms with Crippen molar-refractivity contribution in [2.24, 2.45) is 7.05 Å². The molecule has 0 spiro atoms. The van der Waals surface area contributed by atoms with Crippen LogP contribution in [-0.4, -0.2) is 16.2 Å². The Morgan fingerprint density at radius 1 is 1.12 bits per heavy atom. The average molecular weight is 366 g/mol. The zero-order chi connectivity index (χ0) is 19.0. The van der Waals surface area contributed by atoms with Gasteiger partial charge < -0.3 is 4.74 Å². The molecule has 4 nitrogen and oxygen atoms in total. The Hall–Kier alpha value is -2.52. The Balaban J connectivity index is 2.84. The summed E-state index contributed by atoms with van der Waals surface area (Å²) in [4.78, 5) is 15.0. The van der Waals surface area contributed by atoms with Gasteiger partial charge in [-0.05, 0) is 24.6 Å². The lowest BCUT2D eigenvalue weighted by molar-refractivity contribution is -0.154. The molecule has 1 aromatic carbocycles. The third-order valence-corrected chi connectivity index (χ3v) is 3.25. The van der Waals surface area contributed by atoms with E-state index >= 15 is 0 Å². The highest BCUT2D eigenvalue weighted by molar-refractivity contribution is 5.67. The van der Waals surface area contributed by atoms with Gasteiger partial charge in [-0.25, -0.2) is 4.98 Å². The molecule has 0 atom stereocenters. The summed E-state index contributed by atoms with van der Waals surface area (Å²) in [7, 11) is 0.716. The Morgan fingerprint density at radius 2 is 1.76 bits per heavy atom. The van der Waals surface area contributed by atoms with Gasteiger partial charge in [-0.15, -0.1) is 0 Å². The average Bonchev–Trinajstić information content (AvgIpc) is 2.48. The number of aromatic nitrogens is 2. The van der Waals surface area contributed by atoms with Crippen LogP contribution in [0.2, 0.25) is 0 Å².